The van der Waals surface area contributed by atoms with Gasteiger partial charge in [0.05, 0.1) is 9.26 Å². The molecule has 1 fully saturated rings. The third kappa shape index (κ3) is 2.92. The molecule has 0 spiro atoms. The van der Waals surface area contributed by atoms with Gasteiger partial charge in [-0.3, -0.25) is 0 Å². The SMILES string of the molecule is CC1CCC(c2nc(Cl)c(I)c(C(C)C)n2)C1. The predicted molar refractivity (Wildman–Crippen MR) is 79.6 cm³/mol. The fourth-order valence-corrected chi connectivity index (χ4v) is 3.51. The first-order valence-corrected chi connectivity index (χ1v) is 7.67. The molecule has 0 N–H and O–H groups in total. The van der Waals surface area contributed by atoms with E-state index >= 15 is 0 Å². The Morgan fingerprint density at radius 2 is 2.00 bits per heavy atom. The van der Waals surface area contributed by atoms with Crippen LogP contribution in [0.3, 0.4) is 0 Å². The van der Waals surface area contributed by atoms with E-state index in [4.69, 9.17) is 16.6 Å². The summed E-state index contributed by atoms with van der Waals surface area (Å²) in [5, 5.41) is 0.624. The molecule has 4 heteroatoms. The van der Waals surface area contributed by atoms with Gasteiger partial charge in [0.15, 0.2) is 0 Å². The van der Waals surface area contributed by atoms with Crippen LogP contribution in [0.5, 0.6) is 0 Å². The largest absolute Gasteiger partial charge is 0.236 e. The second-order valence-corrected chi connectivity index (χ2v) is 6.78. The Labute approximate surface area is 122 Å². The van der Waals surface area contributed by atoms with Crippen molar-refractivity contribution >= 4 is 34.2 Å². The molecule has 94 valence electrons. The standard InChI is InChI=1S/C13H18ClIN2/c1-7(2)11-10(15)12(14)17-13(16-11)9-5-4-8(3)6-9/h7-9H,4-6H2,1-3H3. The summed E-state index contributed by atoms with van der Waals surface area (Å²) in [4.78, 5) is 9.23. The molecular formula is C13H18ClIN2. The van der Waals surface area contributed by atoms with Crippen molar-refractivity contribution in [2.75, 3.05) is 0 Å². The molecule has 17 heavy (non-hydrogen) atoms. The fourth-order valence-electron chi connectivity index (χ4n) is 2.46. The van der Waals surface area contributed by atoms with Gasteiger partial charge in [0.25, 0.3) is 0 Å². The monoisotopic (exact) mass is 364 g/mol. The van der Waals surface area contributed by atoms with Crippen molar-refractivity contribution in [3.05, 3.63) is 20.2 Å². The van der Waals surface area contributed by atoms with Crippen LogP contribution in [0, 0.1) is 9.49 Å². The predicted octanol–water partition coefficient (Wildman–Crippen LogP) is 4.76. The van der Waals surface area contributed by atoms with E-state index in [0.29, 0.717) is 17.0 Å². The van der Waals surface area contributed by atoms with Gasteiger partial charge < -0.3 is 0 Å². The Balaban J connectivity index is 2.35. The lowest BCUT2D eigenvalue weighted by Crippen LogP contribution is -2.08. The van der Waals surface area contributed by atoms with Gasteiger partial charge in [-0.05, 0) is 53.7 Å². The van der Waals surface area contributed by atoms with E-state index in [1.807, 2.05) is 0 Å². The number of rotatable bonds is 2. The average molecular weight is 365 g/mol. The number of hydrogen-bond donors (Lipinski definition) is 0. The van der Waals surface area contributed by atoms with Crippen molar-refractivity contribution in [1.29, 1.82) is 0 Å². The van der Waals surface area contributed by atoms with Gasteiger partial charge in [-0.25, -0.2) is 9.97 Å². The minimum atomic E-state index is 0.403. The lowest BCUT2D eigenvalue weighted by Gasteiger charge is -2.14. The summed E-state index contributed by atoms with van der Waals surface area (Å²) in [6, 6.07) is 0. The zero-order chi connectivity index (χ0) is 12.6. The number of nitrogens with zero attached hydrogens (tertiary/aromatic N) is 2. The molecule has 1 aliphatic carbocycles. The molecule has 1 aliphatic rings. The first-order chi connectivity index (χ1) is 7.99. The maximum absolute atomic E-state index is 6.22. The minimum Gasteiger partial charge on any atom is -0.236 e. The van der Waals surface area contributed by atoms with Crippen LogP contribution in [-0.2, 0) is 0 Å². The molecule has 0 amide bonds. The van der Waals surface area contributed by atoms with E-state index in [2.05, 4.69) is 48.3 Å². The number of hydrogen-bond acceptors (Lipinski definition) is 2. The van der Waals surface area contributed by atoms with E-state index in [1.54, 1.807) is 0 Å². The fraction of sp³-hybridized carbons (Fsp3) is 0.692. The maximum atomic E-state index is 6.22. The van der Waals surface area contributed by atoms with E-state index in [9.17, 15) is 0 Å². The van der Waals surface area contributed by atoms with Gasteiger partial charge in [-0.15, -0.1) is 0 Å². The summed E-state index contributed by atoms with van der Waals surface area (Å²) < 4.78 is 1.01. The highest BCUT2D eigenvalue weighted by Crippen LogP contribution is 2.37. The molecule has 1 aromatic rings. The van der Waals surface area contributed by atoms with Gasteiger partial charge in [0.1, 0.15) is 11.0 Å². The smallest absolute Gasteiger partial charge is 0.146 e. The van der Waals surface area contributed by atoms with Crippen LogP contribution in [0.1, 0.15) is 63.4 Å². The van der Waals surface area contributed by atoms with Crippen LogP contribution in [0.4, 0.5) is 0 Å². The van der Waals surface area contributed by atoms with Crippen LogP contribution in [0.25, 0.3) is 0 Å². The molecule has 1 aromatic heterocycles. The molecule has 2 nitrogen and oxygen atoms in total. The Morgan fingerprint density at radius 3 is 2.53 bits per heavy atom. The second kappa shape index (κ2) is 5.39. The zero-order valence-corrected chi connectivity index (χ0v) is 13.4. The van der Waals surface area contributed by atoms with Gasteiger partial charge in [0.2, 0.25) is 0 Å². The molecule has 1 saturated carbocycles. The Hall–Kier alpha value is 0.1000. The zero-order valence-electron chi connectivity index (χ0n) is 10.5. The molecule has 2 unspecified atom stereocenters. The molecule has 1 heterocycles. The van der Waals surface area contributed by atoms with E-state index in [1.165, 1.54) is 19.3 Å². The lowest BCUT2D eigenvalue weighted by molar-refractivity contribution is 0.582. The molecular weight excluding hydrogens is 347 g/mol. The topological polar surface area (TPSA) is 25.8 Å². The summed E-state index contributed by atoms with van der Waals surface area (Å²) in [6.07, 6.45) is 3.69. The summed E-state index contributed by atoms with van der Waals surface area (Å²) in [6.45, 7) is 6.61. The Bertz CT molecular complexity index is 420. The third-order valence-electron chi connectivity index (χ3n) is 3.46. The second-order valence-electron chi connectivity index (χ2n) is 5.34. The normalized spacial score (nSPS) is 24.6. The van der Waals surface area contributed by atoms with Crippen molar-refractivity contribution in [2.24, 2.45) is 5.92 Å². The van der Waals surface area contributed by atoms with Crippen molar-refractivity contribution in [3.63, 3.8) is 0 Å². The number of aromatic nitrogens is 2. The molecule has 0 aromatic carbocycles. The highest BCUT2D eigenvalue weighted by molar-refractivity contribution is 14.1. The van der Waals surface area contributed by atoms with E-state index < -0.39 is 0 Å². The third-order valence-corrected chi connectivity index (χ3v) is 5.12. The van der Waals surface area contributed by atoms with Gasteiger partial charge in [-0.1, -0.05) is 32.4 Å². The Kier molecular flexibility index (Phi) is 4.29. The highest BCUT2D eigenvalue weighted by Gasteiger charge is 2.26. The van der Waals surface area contributed by atoms with Gasteiger partial charge in [-0.2, -0.15) is 0 Å². The summed E-state index contributed by atoms with van der Waals surface area (Å²) in [5.41, 5.74) is 1.10. The van der Waals surface area contributed by atoms with Crippen molar-refractivity contribution < 1.29 is 0 Å². The van der Waals surface area contributed by atoms with Crippen molar-refractivity contribution in [1.82, 2.24) is 9.97 Å². The molecule has 2 rings (SSSR count). The van der Waals surface area contributed by atoms with Crippen LogP contribution >= 0.6 is 34.2 Å². The van der Waals surface area contributed by atoms with Crippen LogP contribution in [0.2, 0.25) is 5.15 Å². The quantitative estimate of drug-likeness (QED) is 0.558. The van der Waals surface area contributed by atoms with Crippen LogP contribution in [-0.4, -0.2) is 9.97 Å². The van der Waals surface area contributed by atoms with E-state index in [0.717, 1.165) is 21.0 Å². The number of halogens is 2. The lowest BCUT2D eigenvalue weighted by atomic mass is 10.0. The van der Waals surface area contributed by atoms with Gasteiger partial charge in [0, 0.05) is 5.92 Å². The first kappa shape index (κ1) is 13.5. The molecule has 0 saturated heterocycles. The molecule has 0 aliphatic heterocycles. The first-order valence-electron chi connectivity index (χ1n) is 6.21. The van der Waals surface area contributed by atoms with Crippen molar-refractivity contribution in [3.8, 4) is 0 Å². The summed E-state index contributed by atoms with van der Waals surface area (Å²) in [7, 11) is 0. The minimum absolute atomic E-state index is 0.403. The van der Waals surface area contributed by atoms with Crippen LogP contribution in [0.15, 0.2) is 0 Å². The Morgan fingerprint density at radius 1 is 1.29 bits per heavy atom. The summed E-state index contributed by atoms with van der Waals surface area (Å²) >= 11 is 8.47. The summed E-state index contributed by atoms with van der Waals surface area (Å²) in [5.74, 6) is 2.67. The van der Waals surface area contributed by atoms with Gasteiger partial charge >= 0.3 is 0 Å². The van der Waals surface area contributed by atoms with Crippen molar-refractivity contribution in [2.45, 2.75) is 51.9 Å². The molecule has 0 bridgehead atoms. The van der Waals surface area contributed by atoms with E-state index in [-0.39, 0.29) is 0 Å². The molecule has 0 radical (unpaired) electrons. The molecule has 2 atom stereocenters. The average Bonchev–Trinajstić information content (AvgIpc) is 2.68. The van der Waals surface area contributed by atoms with Crippen LogP contribution < -0.4 is 0 Å². The highest BCUT2D eigenvalue weighted by atomic mass is 127. The maximum Gasteiger partial charge on any atom is 0.146 e.